The molecule has 0 radical (unpaired) electrons. The quantitative estimate of drug-likeness (QED) is 0.727. The highest BCUT2D eigenvalue weighted by Crippen LogP contribution is 2.07. The molecule has 2 aromatic heterocycles. The molecule has 0 bridgehead atoms. The van der Waals surface area contributed by atoms with Gasteiger partial charge in [-0.3, -0.25) is 4.79 Å². The fourth-order valence-electron chi connectivity index (χ4n) is 1.39. The lowest BCUT2D eigenvalue weighted by atomic mass is 10.2. The summed E-state index contributed by atoms with van der Waals surface area (Å²) in [6.45, 7) is 1.92. The molecule has 4 heteroatoms. The number of pyridine rings is 1. The van der Waals surface area contributed by atoms with Crippen LogP contribution in [-0.4, -0.2) is 22.3 Å². The van der Waals surface area contributed by atoms with Crippen molar-refractivity contribution in [2.24, 2.45) is 0 Å². The van der Waals surface area contributed by atoms with Gasteiger partial charge in [-0.05, 0) is 19.1 Å². The molecule has 0 spiro atoms. The van der Waals surface area contributed by atoms with Crippen molar-refractivity contribution in [3.63, 3.8) is 0 Å². The highest BCUT2D eigenvalue weighted by molar-refractivity contribution is 5.94. The Hall–Kier alpha value is -1.84. The number of rotatable bonds is 1. The zero-order chi connectivity index (χ0) is 10.1. The maximum absolute atomic E-state index is 11.3. The minimum atomic E-state index is -0.0897. The summed E-state index contributed by atoms with van der Waals surface area (Å²) in [6.07, 6.45) is 3.75. The molecule has 2 aromatic rings. The summed E-state index contributed by atoms with van der Waals surface area (Å²) < 4.78 is 1.89. The van der Waals surface area contributed by atoms with E-state index in [-0.39, 0.29) is 5.91 Å². The lowest BCUT2D eigenvalue weighted by molar-refractivity contribution is 0.0963. The van der Waals surface area contributed by atoms with E-state index >= 15 is 0 Å². The summed E-state index contributed by atoms with van der Waals surface area (Å²) in [5.41, 5.74) is 2.37. The number of amides is 1. The molecular formula is C10H11N3O. The number of fused-ring (bicyclic) bond motifs is 1. The van der Waals surface area contributed by atoms with Gasteiger partial charge < -0.3 is 9.72 Å². The Bertz CT molecular complexity index is 487. The van der Waals surface area contributed by atoms with Crippen LogP contribution in [0.4, 0.5) is 0 Å². The smallest absolute Gasteiger partial charge is 0.251 e. The molecule has 2 heterocycles. The molecule has 0 aromatic carbocycles. The Labute approximate surface area is 81.6 Å². The second-order valence-corrected chi connectivity index (χ2v) is 3.14. The van der Waals surface area contributed by atoms with Gasteiger partial charge in [0.1, 0.15) is 5.65 Å². The van der Waals surface area contributed by atoms with E-state index in [4.69, 9.17) is 0 Å². The van der Waals surface area contributed by atoms with E-state index in [1.807, 2.05) is 23.7 Å². The van der Waals surface area contributed by atoms with Gasteiger partial charge in [0.25, 0.3) is 5.91 Å². The maximum atomic E-state index is 11.3. The minimum absolute atomic E-state index is 0.0897. The summed E-state index contributed by atoms with van der Waals surface area (Å²) >= 11 is 0. The van der Waals surface area contributed by atoms with Gasteiger partial charge in [0, 0.05) is 25.0 Å². The molecule has 0 atom stereocenters. The lowest BCUT2D eigenvalue weighted by Gasteiger charge is -1.99. The van der Waals surface area contributed by atoms with Gasteiger partial charge in [-0.2, -0.15) is 0 Å². The molecular weight excluding hydrogens is 178 g/mol. The van der Waals surface area contributed by atoms with Crippen LogP contribution < -0.4 is 5.32 Å². The van der Waals surface area contributed by atoms with Gasteiger partial charge in [0.2, 0.25) is 0 Å². The lowest BCUT2D eigenvalue weighted by Crippen LogP contribution is -2.17. The van der Waals surface area contributed by atoms with Crippen molar-refractivity contribution in [2.45, 2.75) is 6.92 Å². The number of imidazole rings is 1. The Kier molecular flexibility index (Phi) is 1.96. The predicted molar refractivity (Wildman–Crippen MR) is 53.3 cm³/mol. The Balaban J connectivity index is 2.55. The van der Waals surface area contributed by atoms with Crippen molar-refractivity contribution in [3.8, 4) is 0 Å². The fourth-order valence-corrected chi connectivity index (χ4v) is 1.39. The van der Waals surface area contributed by atoms with Crippen LogP contribution in [0.25, 0.3) is 5.65 Å². The molecule has 0 unspecified atom stereocenters. The molecule has 4 nitrogen and oxygen atoms in total. The first-order valence-electron chi connectivity index (χ1n) is 4.38. The Morgan fingerprint density at radius 2 is 2.36 bits per heavy atom. The first kappa shape index (κ1) is 8.74. The van der Waals surface area contributed by atoms with E-state index in [1.165, 1.54) is 0 Å². The zero-order valence-electron chi connectivity index (χ0n) is 8.11. The molecule has 0 aliphatic heterocycles. The van der Waals surface area contributed by atoms with Gasteiger partial charge in [0.15, 0.2) is 0 Å². The van der Waals surface area contributed by atoms with Gasteiger partial charge in [-0.15, -0.1) is 0 Å². The second-order valence-electron chi connectivity index (χ2n) is 3.14. The third-order valence-electron chi connectivity index (χ3n) is 2.07. The molecule has 0 aliphatic carbocycles. The Morgan fingerprint density at radius 1 is 1.57 bits per heavy atom. The number of carbonyl (C=O) groups is 1. The number of aryl methyl sites for hydroxylation is 1. The third kappa shape index (κ3) is 1.35. The van der Waals surface area contributed by atoms with Crippen molar-refractivity contribution >= 4 is 11.6 Å². The van der Waals surface area contributed by atoms with Crippen LogP contribution in [-0.2, 0) is 0 Å². The number of carbonyl (C=O) groups excluding carboxylic acids is 1. The molecule has 14 heavy (non-hydrogen) atoms. The Morgan fingerprint density at radius 3 is 3.07 bits per heavy atom. The summed E-state index contributed by atoms with van der Waals surface area (Å²) in [7, 11) is 1.61. The average Bonchev–Trinajstić information content (AvgIpc) is 2.55. The number of hydrogen-bond donors (Lipinski definition) is 1. The maximum Gasteiger partial charge on any atom is 0.251 e. The predicted octanol–water partition coefficient (Wildman–Crippen LogP) is 1.00. The van der Waals surface area contributed by atoms with Gasteiger partial charge in [-0.25, -0.2) is 4.98 Å². The molecule has 0 saturated carbocycles. The number of nitrogens with zero attached hydrogens (tertiary/aromatic N) is 2. The van der Waals surface area contributed by atoms with Crippen molar-refractivity contribution < 1.29 is 4.79 Å². The molecule has 1 N–H and O–H groups in total. The van der Waals surface area contributed by atoms with Crippen LogP contribution in [0.3, 0.4) is 0 Å². The highest BCUT2D eigenvalue weighted by atomic mass is 16.1. The topological polar surface area (TPSA) is 46.4 Å². The summed E-state index contributed by atoms with van der Waals surface area (Å²) in [4.78, 5) is 15.6. The molecule has 0 aliphatic rings. The van der Waals surface area contributed by atoms with Crippen LogP contribution in [0.2, 0.25) is 0 Å². The molecule has 0 fully saturated rings. The number of nitrogens with one attached hydrogen (secondary N) is 1. The van der Waals surface area contributed by atoms with Crippen LogP contribution in [0.1, 0.15) is 16.1 Å². The largest absolute Gasteiger partial charge is 0.355 e. The standard InChI is InChI=1S/C10H11N3O/c1-7-6-13-4-3-8(10(14)11-2)5-9(13)12-7/h3-6H,1-2H3,(H,11,14). The van der Waals surface area contributed by atoms with E-state index in [0.29, 0.717) is 5.56 Å². The van der Waals surface area contributed by atoms with E-state index < -0.39 is 0 Å². The highest BCUT2D eigenvalue weighted by Gasteiger charge is 2.04. The van der Waals surface area contributed by atoms with Crippen LogP contribution in [0.15, 0.2) is 24.5 Å². The molecule has 72 valence electrons. The molecule has 1 amide bonds. The second kappa shape index (κ2) is 3.14. The number of aromatic nitrogens is 2. The van der Waals surface area contributed by atoms with E-state index in [2.05, 4.69) is 10.3 Å². The van der Waals surface area contributed by atoms with Gasteiger partial charge in [-0.1, -0.05) is 0 Å². The van der Waals surface area contributed by atoms with Crippen molar-refractivity contribution in [1.29, 1.82) is 0 Å². The van der Waals surface area contributed by atoms with E-state index in [0.717, 1.165) is 11.3 Å². The van der Waals surface area contributed by atoms with Crippen LogP contribution >= 0.6 is 0 Å². The zero-order valence-corrected chi connectivity index (χ0v) is 8.11. The summed E-state index contributed by atoms with van der Waals surface area (Å²) in [5.74, 6) is -0.0897. The van der Waals surface area contributed by atoms with Crippen LogP contribution in [0.5, 0.6) is 0 Å². The van der Waals surface area contributed by atoms with Gasteiger partial charge >= 0.3 is 0 Å². The third-order valence-corrected chi connectivity index (χ3v) is 2.07. The van der Waals surface area contributed by atoms with E-state index in [9.17, 15) is 4.79 Å². The monoisotopic (exact) mass is 189 g/mol. The summed E-state index contributed by atoms with van der Waals surface area (Å²) in [6, 6.07) is 3.54. The van der Waals surface area contributed by atoms with Crippen molar-refractivity contribution in [1.82, 2.24) is 14.7 Å². The fraction of sp³-hybridized carbons (Fsp3) is 0.200. The van der Waals surface area contributed by atoms with Crippen molar-refractivity contribution in [3.05, 3.63) is 35.8 Å². The summed E-state index contributed by atoms with van der Waals surface area (Å²) in [5, 5.41) is 2.58. The molecule has 2 rings (SSSR count). The normalized spacial score (nSPS) is 10.4. The van der Waals surface area contributed by atoms with Crippen LogP contribution in [0, 0.1) is 6.92 Å². The van der Waals surface area contributed by atoms with E-state index in [1.54, 1.807) is 19.2 Å². The minimum Gasteiger partial charge on any atom is -0.355 e. The SMILES string of the molecule is CNC(=O)c1ccn2cc(C)nc2c1. The van der Waals surface area contributed by atoms with Crippen molar-refractivity contribution in [2.75, 3.05) is 7.05 Å². The molecule has 0 saturated heterocycles. The first-order valence-corrected chi connectivity index (χ1v) is 4.38. The average molecular weight is 189 g/mol. The van der Waals surface area contributed by atoms with Gasteiger partial charge in [0.05, 0.1) is 5.69 Å². The first-order chi connectivity index (χ1) is 6.70. The number of hydrogen-bond acceptors (Lipinski definition) is 2.